The zero-order chi connectivity index (χ0) is 27.6. The smallest absolute Gasteiger partial charge is 0.274 e. The fraction of sp³-hybridized carbons (Fsp3) is 0.367. The van der Waals surface area contributed by atoms with Crippen LogP contribution in [0.2, 0.25) is 0 Å². The number of hydrogen-bond donors (Lipinski definition) is 3. The van der Waals surface area contributed by atoms with Crippen molar-refractivity contribution in [3.8, 4) is 5.75 Å². The van der Waals surface area contributed by atoms with Gasteiger partial charge in [-0.05, 0) is 85.4 Å². The number of anilines is 1. The highest BCUT2D eigenvalue weighted by Crippen LogP contribution is 2.39. The van der Waals surface area contributed by atoms with Gasteiger partial charge in [-0.3, -0.25) is 9.59 Å². The van der Waals surface area contributed by atoms with Crippen LogP contribution in [0.4, 0.5) is 5.00 Å². The highest BCUT2D eigenvalue weighted by molar-refractivity contribution is 7.17. The van der Waals surface area contributed by atoms with Gasteiger partial charge in [0.15, 0.2) is 0 Å². The maximum Gasteiger partial charge on any atom is 0.274 e. The van der Waals surface area contributed by atoms with Crippen LogP contribution in [0.1, 0.15) is 62.6 Å². The van der Waals surface area contributed by atoms with Crippen molar-refractivity contribution in [3.05, 3.63) is 81.2 Å². The number of hydrogen-bond acceptors (Lipinski definition) is 7. The van der Waals surface area contributed by atoms with E-state index in [0.717, 1.165) is 72.8 Å². The van der Waals surface area contributed by atoms with E-state index in [4.69, 9.17) is 4.74 Å². The molecule has 4 rings (SSSR count). The minimum absolute atomic E-state index is 0.226. The molecule has 3 aromatic rings. The molecule has 1 aliphatic rings. The van der Waals surface area contributed by atoms with Crippen LogP contribution in [-0.4, -0.2) is 56.2 Å². The number of methoxy groups -OCH3 is 1. The van der Waals surface area contributed by atoms with E-state index >= 15 is 0 Å². The summed E-state index contributed by atoms with van der Waals surface area (Å²) in [6, 6.07) is 15.0. The molecule has 39 heavy (non-hydrogen) atoms. The first-order valence-electron chi connectivity index (χ1n) is 13.5. The van der Waals surface area contributed by atoms with Crippen LogP contribution in [0.25, 0.3) is 0 Å². The highest BCUT2D eigenvalue weighted by atomic mass is 32.1. The topological polar surface area (TPSA) is 95.1 Å². The first-order valence-corrected chi connectivity index (χ1v) is 14.3. The van der Waals surface area contributed by atoms with Crippen LogP contribution in [0.3, 0.4) is 0 Å². The molecular formula is C30H37N5O3S. The summed E-state index contributed by atoms with van der Waals surface area (Å²) in [5.74, 6) is 0.207. The van der Waals surface area contributed by atoms with E-state index in [-0.39, 0.29) is 11.8 Å². The summed E-state index contributed by atoms with van der Waals surface area (Å²) < 4.78 is 5.17. The van der Waals surface area contributed by atoms with Crippen molar-refractivity contribution in [3.63, 3.8) is 0 Å². The standard InChI is InChI=1S/C30H37N5O3S/c1-4-35(5-2)17-16-31-19-22-8-6-9-23(18-22)28(36)33-30-27(25-10-7-11-26(25)39-30)29(37)34-32-20-21-12-14-24(38-3)15-13-21/h6,8-9,12-15,18,20,31H,4-5,7,10-11,16-17,19H2,1-3H3,(H,33,36)(H,34,37)/b32-20+. The normalized spacial score (nSPS) is 12.6. The van der Waals surface area contributed by atoms with Gasteiger partial charge in [0, 0.05) is 30.1 Å². The lowest BCUT2D eigenvalue weighted by atomic mass is 10.1. The Morgan fingerprint density at radius 2 is 1.87 bits per heavy atom. The number of benzene rings is 2. The van der Waals surface area contributed by atoms with E-state index in [2.05, 4.69) is 39.9 Å². The van der Waals surface area contributed by atoms with Gasteiger partial charge in [-0.25, -0.2) is 5.43 Å². The molecule has 0 spiro atoms. The molecule has 1 aliphatic carbocycles. The molecule has 0 atom stereocenters. The molecule has 8 nitrogen and oxygen atoms in total. The van der Waals surface area contributed by atoms with Gasteiger partial charge in [0.1, 0.15) is 10.8 Å². The lowest BCUT2D eigenvalue weighted by molar-refractivity contribution is 0.0955. The minimum atomic E-state index is -0.319. The molecule has 206 valence electrons. The summed E-state index contributed by atoms with van der Waals surface area (Å²) in [6.45, 7) is 8.97. The number of ether oxygens (including phenoxy) is 1. The SMILES string of the molecule is CCN(CC)CCNCc1cccc(C(=O)Nc2sc3c(c2C(=O)N/N=C/c2ccc(OC)cc2)CCC3)c1. The number of nitrogens with zero attached hydrogens (tertiary/aromatic N) is 2. The van der Waals surface area contributed by atoms with Crippen LogP contribution in [0.15, 0.2) is 53.6 Å². The Morgan fingerprint density at radius 3 is 2.62 bits per heavy atom. The number of thiophene rings is 1. The van der Waals surface area contributed by atoms with Crippen molar-refractivity contribution in [1.29, 1.82) is 0 Å². The van der Waals surface area contributed by atoms with Gasteiger partial charge >= 0.3 is 0 Å². The quantitative estimate of drug-likeness (QED) is 0.164. The summed E-state index contributed by atoms with van der Waals surface area (Å²) in [6.07, 6.45) is 4.33. The third-order valence-electron chi connectivity index (χ3n) is 6.89. The van der Waals surface area contributed by atoms with E-state index < -0.39 is 0 Å². The van der Waals surface area contributed by atoms with Gasteiger partial charge < -0.3 is 20.3 Å². The summed E-state index contributed by atoms with van der Waals surface area (Å²) >= 11 is 1.49. The predicted octanol–water partition coefficient (Wildman–Crippen LogP) is 4.69. The zero-order valence-electron chi connectivity index (χ0n) is 22.9. The summed E-state index contributed by atoms with van der Waals surface area (Å²) in [5, 5.41) is 11.2. The Labute approximate surface area is 234 Å². The minimum Gasteiger partial charge on any atom is -0.497 e. The van der Waals surface area contributed by atoms with Crippen LogP contribution < -0.4 is 20.8 Å². The average molecular weight is 548 g/mol. The first-order chi connectivity index (χ1) is 19.0. The molecule has 0 aliphatic heterocycles. The molecule has 0 saturated heterocycles. The largest absolute Gasteiger partial charge is 0.497 e. The number of likely N-dealkylation sites (N-methyl/N-ethyl adjacent to an activating group) is 1. The fourth-order valence-corrected chi connectivity index (χ4v) is 5.93. The van der Waals surface area contributed by atoms with Gasteiger partial charge in [0.25, 0.3) is 11.8 Å². The van der Waals surface area contributed by atoms with Crippen LogP contribution in [0.5, 0.6) is 5.75 Å². The molecule has 2 amide bonds. The monoisotopic (exact) mass is 547 g/mol. The molecule has 0 bridgehead atoms. The first kappa shape index (κ1) is 28.5. The number of hydrazone groups is 1. The highest BCUT2D eigenvalue weighted by Gasteiger charge is 2.27. The molecule has 9 heteroatoms. The van der Waals surface area contributed by atoms with Gasteiger partial charge in [0.05, 0.1) is 18.9 Å². The molecule has 0 saturated carbocycles. The van der Waals surface area contributed by atoms with Crippen LogP contribution >= 0.6 is 11.3 Å². The van der Waals surface area contributed by atoms with Gasteiger partial charge in [-0.1, -0.05) is 26.0 Å². The van der Waals surface area contributed by atoms with Gasteiger partial charge in [-0.15, -0.1) is 11.3 Å². The Morgan fingerprint density at radius 1 is 1.08 bits per heavy atom. The summed E-state index contributed by atoms with van der Waals surface area (Å²) in [5.41, 5.74) is 6.61. The zero-order valence-corrected chi connectivity index (χ0v) is 23.7. The second kappa shape index (κ2) is 14.0. The van der Waals surface area contributed by atoms with Gasteiger partial charge in [0.2, 0.25) is 0 Å². The van der Waals surface area contributed by atoms with Crippen molar-refractivity contribution in [2.45, 2.75) is 39.7 Å². The third kappa shape index (κ3) is 7.53. The summed E-state index contributed by atoms with van der Waals surface area (Å²) in [4.78, 5) is 29.9. The van der Waals surface area contributed by atoms with E-state index in [1.54, 1.807) is 19.4 Å². The second-order valence-corrected chi connectivity index (χ2v) is 10.5. The van der Waals surface area contributed by atoms with E-state index in [1.165, 1.54) is 11.3 Å². The molecule has 1 heterocycles. The predicted molar refractivity (Wildman–Crippen MR) is 158 cm³/mol. The summed E-state index contributed by atoms with van der Waals surface area (Å²) in [7, 11) is 1.61. The molecule has 0 fully saturated rings. The number of carbonyl (C=O) groups is 2. The lowest BCUT2D eigenvalue weighted by Crippen LogP contribution is -2.31. The maximum absolute atomic E-state index is 13.2. The molecule has 2 aromatic carbocycles. The van der Waals surface area contributed by atoms with Crippen molar-refractivity contribution in [2.24, 2.45) is 5.10 Å². The van der Waals surface area contributed by atoms with Crippen molar-refractivity contribution in [2.75, 3.05) is 38.6 Å². The molecular weight excluding hydrogens is 510 g/mol. The number of aryl methyl sites for hydroxylation is 1. The lowest BCUT2D eigenvalue weighted by Gasteiger charge is -2.18. The van der Waals surface area contributed by atoms with E-state index in [1.807, 2.05) is 42.5 Å². The Hall–Kier alpha value is -3.53. The third-order valence-corrected chi connectivity index (χ3v) is 8.10. The van der Waals surface area contributed by atoms with Crippen molar-refractivity contribution >= 4 is 34.4 Å². The Balaban J connectivity index is 1.40. The number of carbonyl (C=O) groups excluding carboxylic acids is 2. The molecule has 0 unspecified atom stereocenters. The van der Waals surface area contributed by atoms with E-state index in [9.17, 15) is 9.59 Å². The van der Waals surface area contributed by atoms with Crippen LogP contribution in [0, 0.1) is 0 Å². The second-order valence-electron chi connectivity index (χ2n) is 9.39. The maximum atomic E-state index is 13.2. The Kier molecular flexibility index (Phi) is 10.2. The fourth-order valence-electron chi connectivity index (χ4n) is 4.65. The molecule has 3 N–H and O–H groups in total. The molecule has 1 aromatic heterocycles. The number of fused-ring (bicyclic) bond motifs is 1. The van der Waals surface area contributed by atoms with Crippen molar-refractivity contribution < 1.29 is 14.3 Å². The number of nitrogens with one attached hydrogen (secondary N) is 3. The van der Waals surface area contributed by atoms with Gasteiger partial charge in [-0.2, -0.15) is 5.10 Å². The molecule has 0 radical (unpaired) electrons. The average Bonchev–Trinajstić information content (AvgIpc) is 3.54. The number of rotatable bonds is 13. The van der Waals surface area contributed by atoms with Crippen LogP contribution in [-0.2, 0) is 19.4 Å². The number of amides is 2. The van der Waals surface area contributed by atoms with Crippen molar-refractivity contribution in [1.82, 2.24) is 15.6 Å². The van der Waals surface area contributed by atoms with E-state index in [0.29, 0.717) is 22.7 Å². The Bertz CT molecular complexity index is 1300.